The van der Waals surface area contributed by atoms with Gasteiger partial charge in [-0.2, -0.15) is 16.9 Å². The van der Waals surface area contributed by atoms with E-state index >= 15 is 0 Å². The molecule has 2 aliphatic rings. The third kappa shape index (κ3) is 3.57. The Morgan fingerprint density at radius 2 is 1.79 bits per heavy atom. The van der Waals surface area contributed by atoms with Crippen LogP contribution in [0, 0.1) is 0 Å². The van der Waals surface area contributed by atoms with E-state index in [2.05, 4.69) is 31.2 Å². The van der Waals surface area contributed by atoms with E-state index in [1.807, 2.05) is 4.68 Å². The number of amides is 3. The average molecular weight is 413 g/mol. The van der Waals surface area contributed by atoms with Crippen molar-refractivity contribution in [3.63, 3.8) is 0 Å². The Labute approximate surface area is 173 Å². The van der Waals surface area contributed by atoms with Crippen molar-refractivity contribution in [1.82, 2.24) is 14.7 Å². The third-order valence-electron chi connectivity index (χ3n) is 5.11. The number of nitrogens with one attached hydrogen (secondary N) is 1. The normalized spacial score (nSPS) is 15.6. The smallest absolute Gasteiger partial charge is 0.261 e. The second-order valence-corrected chi connectivity index (χ2v) is 9.29. The molecule has 2 aromatic rings. The number of hydrogen-bond acceptors (Lipinski definition) is 5. The Hall–Kier alpha value is -2.61. The third-order valence-corrected chi connectivity index (χ3v) is 6.08. The number of carbonyl (C=O) groups excluding carboxylic acids is 3. The number of hydrogen-bond donors (Lipinski definition) is 1. The van der Waals surface area contributed by atoms with Crippen LogP contribution in [0.5, 0.6) is 0 Å². The minimum absolute atomic E-state index is 0.133. The van der Waals surface area contributed by atoms with Gasteiger partial charge in [-0.1, -0.05) is 12.1 Å². The summed E-state index contributed by atoms with van der Waals surface area (Å²) in [6, 6.07) is 6.81. The molecule has 1 aromatic heterocycles. The van der Waals surface area contributed by atoms with Gasteiger partial charge < -0.3 is 5.32 Å². The number of rotatable bonds is 5. The van der Waals surface area contributed by atoms with Gasteiger partial charge in [-0.25, -0.2) is 4.68 Å². The monoisotopic (exact) mass is 412 g/mol. The van der Waals surface area contributed by atoms with Gasteiger partial charge in [0, 0.05) is 30.0 Å². The summed E-state index contributed by atoms with van der Waals surface area (Å²) < 4.78 is 1.89. The van der Waals surface area contributed by atoms with Crippen molar-refractivity contribution in [2.45, 2.75) is 50.7 Å². The van der Waals surface area contributed by atoms with E-state index in [1.54, 1.807) is 36.0 Å². The van der Waals surface area contributed by atoms with E-state index in [4.69, 9.17) is 0 Å². The summed E-state index contributed by atoms with van der Waals surface area (Å²) >= 11 is 1.79. The molecule has 8 heteroatoms. The minimum Gasteiger partial charge on any atom is -0.311 e. The van der Waals surface area contributed by atoms with Gasteiger partial charge in [0.25, 0.3) is 11.8 Å². The minimum atomic E-state index is -0.285. The zero-order chi connectivity index (χ0) is 20.8. The van der Waals surface area contributed by atoms with Crippen LogP contribution in [-0.4, -0.2) is 38.9 Å². The fourth-order valence-electron chi connectivity index (χ4n) is 3.66. The summed E-state index contributed by atoms with van der Waals surface area (Å²) in [5, 5.41) is 7.71. The van der Waals surface area contributed by atoms with Crippen molar-refractivity contribution in [3.05, 3.63) is 46.6 Å². The second kappa shape index (κ2) is 7.33. The first-order valence-corrected chi connectivity index (χ1v) is 10.9. The maximum Gasteiger partial charge on any atom is 0.261 e. The predicted octanol–water partition coefficient (Wildman–Crippen LogP) is 3.40. The van der Waals surface area contributed by atoms with Gasteiger partial charge in [-0.05, 0) is 39.3 Å². The molecular weight excluding hydrogens is 388 g/mol. The number of fused-ring (bicyclic) bond motifs is 2. The predicted molar refractivity (Wildman–Crippen MR) is 112 cm³/mol. The lowest BCUT2D eigenvalue weighted by Gasteiger charge is -2.23. The highest BCUT2D eigenvalue weighted by molar-refractivity contribution is 7.98. The maximum absolute atomic E-state index is 12.6. The van der Waals surface area contributed by atoms with Gasteiger partial charge in [-0.15, -0.1) is 0 Å². The van der Waals surface area contributed by atoms with Gasteiger partial charge in [0.05, 0.1) is 22.4 Å². The van der Waals surface area contributed by atoms with E-state index < -0.39 is 0 Å². The van der Waals surface area contributed by atoms with Crippen molar-refractivity contribution in [3.8, 4) is 0 Å². The summed E-state index contributed by atoms with van der Waals surface area (Å²) in [6.07, 6.45) is 0.641. The number of anilines is 1. The molecule has 0 bridgehead atoms. The molecule has 0 fully saturated rings. The molecule has 0 atom stereocenters. The summed E-state index contributed by atoms with van der Waals surface area (Å²) in [6.45, 7) is 6.40. The molecule has 4 rings (SSSR count). The maximum atomic E-state index is 12.6. The molecule has 3 amide bonds. The molecule has 0 saturated heterocycles. The Morgan fingerprint density at radius 3 is 2.41 bits per heavy atom. The van der Waals surface area contributed by atoms with Crippen molar-refractivity contribution >= 4 is 35.3 Å². The molecule has 1 aromatic carbocycles. The van der Waals surface area contributed by atoms with Crippen LogP contribution in [0.2, 0.25) is 0 Å². The number of aromatic nitrogens is 2. The lowest BCUT2D eigenvalue weighted by Crippen LogP contribution is -2.31. The Bertz CT molecular complexity index is 971. The Morgan fingerprint density at radius 1 is 1.14 bits per heavy atom. The fourth-order valence-corrected chi connectivity index (χ4v) is 4.70. The molecule has 29 heavy (non-hydrogen) atoms. The van der Waals surface area contributed by atoms with E-state index in [0.717, 1.165) is 28.6 Å². The van der Waals surface area contributed by atoms with Gasteiger partial charge >= 0.3 is 0 Å². The topological polar surface area (TPSA) is 84.3 Å². The molecule has 0 unspecified atom stereocenters. The van der Waals surface area contributed by atoms with Crippen LogP contribution < -0.4 is 5.32 Å². The number of carbonyl (C=O) groups is 3. The Kier molecular flexibility index (Phi) is 4.98. The van der Waals surface area contributed by atoms with Crippen LogP contribution in [0.15, 0.2) is 24.3 Å². The largest absolute Gasteiger partial charge is 0.311 e. The van der Waals surface area contributed by atoms with Gasteiger partial charge in [0.1, 0.15) is 5.82 Å². The second-order valence-electron chi connectivity index (χ2n) is 8.31. The van der Waals surface area contributed by atoms with Crippen LogP contribution in [0.3, 0.4) is 0 Å². The van der Waals surface area contributed by atoms with Crippen LogP contribution >= 0.6 is 11.8 Å². The van der Waals surface area contributed by atoms with Crippen LogP contribution in [0.4, 0.5) is 5.82 Å². The quantitative estimate of drug-likeness (QED) is 0.761. The van der Waals surface area contributed by atoms with Crippen LogP contribution in [-0.2, 0) is 21.8 Å². The molecule has 152 valence electrons. The molecule has 3 heterocycles. The number of benzene rings is 1. The van der Waals surface area contributed by atoms with E-state index in [0.29, 0.717) is 17.5 Å². The average Bonchev–Trinajstić information content (AvgIpc) is 3.32. The molecule has 0 aliphatic carbocycles. The molecule has 0 radical (unpaired) electrons. The molecular formula is C21H24N4O3S. The van der Waals surface area contributed by atoms with E-state index in [1.165, 1.54) is 4.90 Å². The molecule has 7 nitrogen and oxygen atoms in total. The fraction of sp³-hybridized carbons (Fsp3) is 0.429. The number of thioether (sulfide) groups is 1. The highest BCUT2D eigenvalue weighted by Crippen LogP contribution is 2.37. The van der Waals surface area contributed by atoms with Gasteiger partial charge in [0.2, 0.25) is 5.91 Å². The van der Waals surface area contributed by atoms with Crippen LogP contribution in [0.1, 0.15) is 65.6 Å². The van der Waals surface area contributed by atoms with Crippen molar-refractivity contribution in [1.29, 1.82) is 0 Å². The summed E-state index contributed by atoms with van der Waals surface area (Å²) in [7, 11) is 0. The lowest BCUT2D eigenvalue weighted by molar-refractivity contribution is -0.116. The summed E-state index contributed by atoms with van der Waals surface area (Å²) in [4.78, 5) is 38.7. The number of nitrogens with zero attached hydrogens (tertiary/aromatic N) is 3. The first kappa shape index (κ1) is 19.7. The Balaban J connectivity index is 1.39. The highest BCUT2D eigenvalue weighted by Gasteiger charge is 2.34. The zero-order valence-electron chi connectivity index (χ0n) is 16.8. The van der Waals surface area contributed by atoms with Gasteiger partial charge in [0.15, 0.2) is 0 Å². The highest BCUT2D eigenvalue weighted by atomic mass is 32.2. The van der Waals surface area contributed by atoms with Crippen molar-refractivity contribution in [2.75, 3.05) is 11.9 Å². The van der Waals surface area contributed by atoms with Crippen LogP contribution in [0.25, 0.3) is 0 Å². The molecule has 1 N–H and O–H groups in total. The molecule has 0 saturated carbocycles. The van der Waals surface area contributed by atoms with Gasteiger partial charge in [-0.3, -0.25) is 19.3 Å². The zero-order valence-corrected chi connectivity index (χ0v) is 17.6. The SMILES string of the molecule is CC(C)(C)n1nc2c(c1NC(=O)CCCN1C(=O)c3ccccc3C1=O)CSC2. The lowest BCUT2D eigenvalue weighted by atomic mass is 10.1. The standard InChI is InChI=1S/C21H24N4O3S/c1-21(2,3)25-18(15-11-29-12-16(15)23-25)22-17(26)9-6-10-24-19(27)13-7-4-5-8-14(13)20(24)28/h4-5,7-8H,6,9-12H2,1-3H3,(H,22,26). The molecule has 0 spiro atoms. The first-order chi connectivity index (χ1) is 13.8. The number of imide groups is 1. The van der Waals surface area contributed by atoms with Crippen molar-refractivity contribution in [2.24, 2.45) is 0 Å². The summed E-state index contributed by atoms with van der Waals surface area (Å²) in [5.41, 5.74) is 2.76. The first-order valence-electron chi connectivity index (χ1n) is 9.71. The van der Waals surface area contributed by atoms with E-state index in [-0.39, 0.29) is 36.2 Å². The van der Waals surface area contributed by atoms with E-state index in [9.17, 15) is 14.4 Å². The summed E-state index contributed by atoms with van der Waals surface area (Å²) in [5.74, 6) is 1.77. The molecule has 2 aliphatic heterocycles. The van der Waals surface area contributed by atoms with Crippen molar-refractivity contribution < 1.29 is 14.4 Å².